The molecule has 7 nitrogen and oxygen atoms in total. The van der Waals surface area contributed by atoms with Crippen molar-refractivity contribution in [3.8, 4) is 11.6 Å². The first-order valence-corrected chi connectivity index (χ1v) is 4.84. The van der Waals surface area contributed by atoms with Crippen LogP contribution < -0.4 is 10.6 Å². The zero-order valence-electron chi connectivity index (χ0n) is 9.08. The first-order chi connectivity index (χ1) is 7.72. The molecule has 0 fully saturated rings. The van der Waals surface area contributed by atoms with Crippen LogP contribution in [0.1, 0.15) is 6.92 Å². The Bertz CT molecular complexity index is 482. The monoisotopic (exact) mass is 220 g/mol. The van der Waals surface area contributed by atoms with Crippen molar-refractivity contribution in [2.75, 3.05) is 24.2 Å². The van der Waals surface area contributed by atoms with Gasteiger partial charge in [-0.1, -0.05) is 0 Å². The second-order valence-corrected chi connectivity index (χ2v) is 3.20. The van der Waals surface area contributed by atoms with Gasteiger partial charge in [0, 0.05) is 26.0 Å². The minimum atomic E-state index is 0.275. The molecule has 16 heavy (non-hydrogen) atoms. The van der Waals surface area contributed by atoms with Crippen molar-refractivity contribution in [2.24, 2.45) is 0 Å². The Morgan fingerprint density at radius 1 is 1.38 bits per heavy atom. The maximum absolute atomic E-state index is 5.66. The van der Waals surface area contributed by atoms with Crippen molar-refractivity contribution >= 4 is 11.8 Å². The molecule has 2 aromatic heterocycles. The summed E-state index contributed by atoms with van der Waals surface area (Å²) in [6, 6.07) is 0. The molecule has 0 aliphatic rings. The summed E-state index contributed by atoms with van der Waals surface area (Å²) in [5.74, 6) is 1.06. The van der Waals surface area contributed by atoms with Crippen LogP contribution in [0.25, 0.3) is 11.6 Å². The standard InChI is InChI=1S/C9H12N6O/c1-3-15(2)9-13-8(16-14-9)6-7(10)12-5-4-11-6/h4-5H,3H2,1-2H3,(H2,10,12). The van der Waals surface area contributed by atoms with E-state index in [1.165, 1.54) is 12.4 Å². The minimum Gasteiger partial charge on any atom is -0.382 e. The third kappa shape index (κ3) is 1.79. The number of aromatic nitrogens is 4. The molecule has 0 aromatic carbocycles. The zero-order valence-corrected chi connectivity index (χ0v) is 9.08. The zero-order chi connectivity index (χ0) is 11.5. The number of nitrogen functional groups attached to an aromatic ring is 1. The maximum Gasteiger partial charge on any atom is 0.281 e. The van der Waals surface area contributed by atoms with Gasteiger partial charge in [0.1, 0.15) is 0 Å². The molecule has 0 spiro atoms. The fourth-order valence-electron chi connectivity index (χ4n) is 1.12. The van der Waals surface area contributed by atoms with E-state index in [9.17, 15) is 0 Å². The Hall–Kier alpha value is -2.18. The first-order valence-electron chi connectivity index (χ1n) is 4.84. The van der Waals surface area contributed by atoms with Gasteiger partial charge < -0.3 is 15.2 Å². The minimum absolute atomic E-state index is 0.275. The third-order valence-electron chi connectivity index (χ3n) is 2.16. The molecule has 2 heterocycles. The van der Waals surface area contributed by atoms with Crippen LogP contribution in [-0.4, -0.2) is 33.7 Å². The van der Waals surface area contributed by atoms with Gasteiger partial charge in [-0.3, -0.25) is 0 Å². The lowest BCUT2D eigenvalue weighted by Gasteiger charge is -2.08. The van der Waals surface area contributed by atoms with Crippen LogP contribution >= 0.6 is 0 Å². The molecule has 0 radical (unpaired) electrons. The molecule has 2 rings (SSSR count). The predicted molar refractivity (Wildman–Crippen MR) is 58.7 cm³/mol. The van der Waals surface area contributed by atoms with Crippen molar-refractivity contribution < 1.29 is 4.52 Å². The number of nitrogens with zero attached hydrogens (tertiary/aromatic N) is 5. The molecular weight excluding hydrogens is 208 g/mol. The van der Waals surface area contributed by atoms with E-state index in [1.807, 2.05) is 18.9 Å². The highest BCUT2D eigenvalue weighted by Crippen LogP contribution is 2.20. The summed E-state index contributed by atoms with van der Waals surface area (Å²) in [5.41, 5.74) is 6.06. The topological polar surface area (TPSA) is 94.0 Å². The SMILES string of the molecule is CCN(C)c1noc(-c2nccnc2N)n1. The number of hydrogen-bond donors (Lipinski definition) is 1. The lowest BCUT2D eigenvalue weighted by molar-refractivity contribution is 0.429. The molecule has 0 saturated heterocycles. The number of anilines is 2. The molecule has 0 saturated carbocycles. The highest BCUT2D eigenvalue weighted by Gasteiger charge is 2.14. The van der Waals surface area contributed by atoms with Crippen molar-refractivity contribution in [1.29, 1.82) is 0 Å². The number of hydrogen-bond acceptors (Lipinski definition) is 7. The quantitative estimate of drug-likeness (QED) is 0.807. The predicted octanol–water partition coefficient (Wildman–Crippen LogP) is 0.565. The fraction of sp³-hybridized carbons (Fsp3) is 0.333. The second kappa shape index (κ2) is 4.13. The third-order valence-corrected chi connectivity index (χ3v) is 2.16. The Labute approximate surface area is 92.3 Å². The molecule has 0 atom stereocenters. The highest BCUT2D eigenvalue weighted by atomic mass is 16.5. The molecule has 0 unspecified atom stereocenters. The lowest BCUT2D eigenvalue weighted by atomic mass is 10.4. The average Bonchev–Trinajstić information content (AvgIpc) is 2.78. The Balaban J connectivity index is 2.35. The van der Waals surface area contributed by atoms with E-state index in [2.05, 4.69) is 20.1 Å². The largest absolute Gasteiger partial charge is 0.382 e. The summed E-state index contributed by atoms with van der Waals surface area (Å²) in [5, 5.41) is 3.82. The molecule has 0 aliphatic heterocycles. The van der Waals surface area contributed by atoms with Gasteiger partial charge in [0.05, 0.1) is 0 Å². The molecule has 0 amide bonds. The molecule has 7 heteroatoms. The normalized spacial score (nSPS) is 10.4. The molecule has 2 N–H and O–H groups in total. The van der Waals surface area contributed by atoms with Crippen molar-refractivity contribution in [1.82, 2.24) is 20.1 Å². The van der Waals surface area contributed by atoms with E-state index in [-0.39, 0.29) is 11.7 Å². The summed E-state index contributed by atoms with van der Waals surface area (Å²) in [6.07, 6.45) is 3.04. The van der Waals surface area contributed by atoms with Crippen LogP contribution in [0.2, 0.25) is 0 Å². The number of rotatable bonds is 3. The maximum atomic E-state index is 5.66. The van der Waals surface area contributed by atoms with Crippen LogP contribution in [0.3, 0.4) is 0 Å². The van der Waals surface area contributed by atoms with Gasteiger partial charge in [-0.15, -0.1) is 0 Å². The van der Waals surface area contributed by atoms with E-state index in [1.54, 1.807) is 0 Å². The summed E-state index contributed by atoms with van der Waals surface area (Å²) in [7, 11) is 1.87. The van der Waals surface area contributed by atoms with Crippen LogP contribution in [0.4, 0.5) is 11.8 Å². The van der Waals surface area contributed by atoms with Crippen molar-refractivity contribution in [3.05, 3.63) is 12.4 Å². The van der Waals surface area contributed by atoms with Crippen molar-refractivity contribution in [3.63, 3.8) is 0 Å². The summed E-state index contributed by atoms with van der Waals surface area (Å²) >= 11 is 0. The second-order valence-electron chi connectivity index (χ2n) is 3.20. The Morgan fingerprint density at radius 2 is 2.12 bits per heavy atom. The first kappa shape index (κ1) is 10.3. The molecule has 84 valence electrons. The van der Waals surface area contributed by atoms with Crippen LogP contribution in [0, 0.1) is 0 Å². The van der Waals surface area contributed by atoms with Gasteiger partial charge in [0.2, 0.25) is 0 Å². The van der Waals surface area contributed by atoms with Crippen LogP contribution in [0.5, 0.6) is 0 Å². The number of nitrogens with two attached hydrogens (primary N) is 1. The van der Waals surface area contributed by atoms with Gasteiger partial charge in [0.25, 0.3) is 11.8 Å². The average molecular weight is 220 g/mol. The lowest BCUT2D eigenvalue weighted by Crippen LogP contribution is -2.17. The van der Waals surface area contributed by atoms with Gasteiger partial charge in [-0.25, -0.2) is 9.97 Å². The summed E-state index contributed by atoms with van der Waals surface area (Å²) < 4.78 is 5.07. The van der Waals surface area contributed by atoms with Gasteiger partial charge in [0.15, 0.2) is 11.5 Å². The van der Waals surface area contributed by atoms with E-state index in [4.69, 9.17) is 10.3 Å². The smallest absolute Gasteiger partial charge is 0.281 e. The van der Waals surface area contributed by atoms with Crippen LogP contribution in [-0.2, 0) is 0 Å². The van der Waals surface area contributed by atoms with E-state index in [0.29, 0.717) is 11.6 Å². The van der Waals surface area contributed by atoms with E-state index < -0.39 is 0 Å². The molecule has 0 bridgehead atoms. The molecular formula is C9H12N6O. The highest BCUT2D eigenvalue weighted by molar-refractivity contribution is 5.62. The molecule has 0 aliphatic carbocycles. The van der Waals surface area contributed by atoms with E-state index in [0.717, 1.165) is 6.54 Å². The Morgan fingerprint density at radius 3 is 2.81 bits per heavy atom. The summed E-state index contributed by atoms with van der Waals surface area (Å²) in [4.78, 5) is 14.0. The summed E-state index contributed by atoms with van der Waals surface area (Å²) in [6.45, 7) is 2.78. The van der Waals surface area contributed by atoms with Gasteiger partial charge in [-0.2, -0.15) is 4.98 Å². The Kier molecular flexibility index (Phi) is 2.67. The van der Waals surface area contributed by atoms with Gasteiger partial charge >= 0.3 is 0 Å². The molecule has 2 aromatic rings. The van der Waals surface area contributed by atoms with Crippen molar-refractivity contribution in [2.45, 2.75) is 6.92 Å². The van der Waals surface area contributed by atoms with Gasteiger partial charge in [-0.05, 0) is 12.1 Å². The van der Waals surface area contributed by atoms with E-state index >= 15 is 0 Å². The fourth-order valence-corrected chi connectivity index (χ4v) is 1.12. The van der Waals surface area contributed by atoms with Crippen LogP contribution in [0.15, 0.2) is 16.9 Å².